The first-order valence-corrected chi connectivity index (χ1v) is 7.68. The molecule has 1 aromatic carbocycles. The zero-order valence-corrected chi connectivity index (χ0v) is 13.3. The number of hydrogen-bond acceptors (Lipinski definition) is 4. The van der Waals surface area contributed by atoms with Gasteiger partial charge in [-0.3, -0.25) is 9.78 Å². The third-order valence-corrected chi connectivity index (χ3v) is 3.98. The van der Waals surface area contributed by atoms with Crippen molar-refractivity contribution in [3.8, 4) is 0 Å². The molecule has 0 radical (unpaired) electrons. The highest BCUT2D eigenvalue weighted by molar-refractivity contribution is 5.91. The second-order valence-electron chi connectivity index (χ2n) is 5.95. The van der Waals surface area contributed by atoms with Crippen molar-refractivity contribution < 1.29 is 0 Å². The van der Waals surface area contributed by atoms with Crippen molar-refractivity contribution in [3.63, 3.8) is 0 Å². The van der Waals surface area contributed by atoms with Crippen LogP contribution in [-0.2, 0) is 0 Å². The fourth-order valence-corrected chi connectivity index (χ4v) is 2.86. The maximum atomic E-state index is 4.64. The molecule has 0 fully saturated rings. The van der Waals surface area contributed by atoms with Crippen molar-refractivity contribution in [2.75, 3.05) is 5.32 Å². The zero-order chi connectivity index (χ0) is 16.0. The molecule has 0 atom stereocenters. The molecule has 0 saturated heterocycles. The van der Waals surface area contributed by atoms with E-state index in [0.717, 1.165) is 28.1 Å². The van der Waals surface area contributed by atoms with Crippen molar-refractivity contribution in [2.45, 2.75) is 26.8 Å². The maximum Gasteiger partial charge on any atom is 0.183 e. The minimum Gasteiger partial charge on any atom is -0.340 e. The van der Waals surface area contributed by atoms with E-state index in [1.807, 2.05) is 19.1 Å². The molecule has 0 saturated carbocycles. The summed E-state index contributed by atoms with van der Waals surface area (Å²) in [7, 11) is 0. The Morgan fingerprint density at radius 3 is 2.87 bits per heavy atom. The third kappa shape index (κ3) is 2.23. The molecule has 2 N–H and O–H groups in total. The number of aromatic nitrogens is 5. The Morgan fingerprint density at radius 1 is 1.17 bits per heavy atom. The Balaban J connectivity index is 1.79. The van der Waals surface area contributed by atoms with Gasteiger partial charge in [-0.25, -0.2) is 4.98 Å². The van der Waals surface area contributed by atoms with E-state index in [1.165, 1.54) is 5.39 Å². The molecule has 0 amide bonds. The number of H-pyrrole nitrogens is 1. The van der Waals surface area contributed by atoms with Crippen LogP contribution < -0.4 is 5.32 Å². The summed E-state index contributed by atoms with van der Waals surface area (Å²) >= 11 is 0. The number of nitrogens with one attached hydrogen (secondary N) is 2. The van der Waals surface area contributed by atoms with E-state index >= 15 is 0 Å². The van der Waals surface area contributed by atoms with E-state index in [2.05, 4.69) is 62.3 Å². The van der Waals surface area contributed by atoms with Gasteiger partial charge < -0.3 is 5.32 Å². The van der Waals surface area contributed by atoms with Gasteiger partial charge >= 0.3 is 0 Å². The molecule has 0 spiro atoms. The standard InChI is InChI=1S/C17H18N6/c1-10(2)23-15-9-12(6-7-13(15)11(3)22-23)19-17-14-5-4-8-18-16(14)20-21-17/h4-10H,1-3H3,(H2,18,19,20,21). The molecule has 0 unspecified atom stereocenters. The van der Waals surface area contributed by atoms with Crippen molar-refractivity contribution in [3.05, 3.63) is 42.2 Å². The number of aryl methyl sites for hydroxylation is 1. The van der Waals surface area contributed by atoms with Crippen molar-refractivity contribution in [1.82, 2.24) is 25.0 Å². The largest absolute Gasteiger partial charge is 0.340 e. The van der Waals surface area contributed by atoms with Gasteiger partial charge in [-0.2, -0.15) is 10.2 Å². The van der Waals surface area contributed by atoms with E-state index in [0.29, 0.717) is 11.7 Å². The van der Waals surface area contributed by atoms with Gasteiger partial charge in [-0.05, 0) is 51.1 Å². The smallest absolute Gasteiger partial charge is 0.183 e. The Labute approximate surface area is 133 Å². The summed E-state index contributed by atoms with van der Waals surface area (Å²) in [6, 6.07) is 10.5. The lowest BCUT2D eigenvalue weighted by atomic mass is 10.2. The molecule has 6 heteroatoms. The van der Waals surface area contributed by atoms with E-state index in [1.54, 1.807) is 6.20 Å². The molecule has 0 aliphatic rings. The fraction of sp³-hybridized carbons (Fsp3) is 0.235. The first kappa shape index (κ1) is 13.8. The monoisotopic (exact) mass is 306 g/mol. The van der Waals surface area contributed by atoms with Crippen LogP contribution in [0.4, 0.5) is 11.5 Å². The van der Waals surface area contributed by atoms with Crippen LogP contribution in [0.25, 0.3) is 21.9 Å². The molecule has 6 nitrogen and oxygen atoms in total. The van der Waals surface area contributed by atoms with E-state index in [9.17, 15) is 0 Å². The summed E-state index contributed by atoms with van der Waals surface area (Å²) in [4.78, 5) is 4.24. The van der Waals surface area contributed by atoms with Gasteiger partial charge in [0.1, 0.15) is 5.82 Å². The predicted octanol–water partition coefficient (Wildman–Crippen LogP) is 3.94. The van der Waals surface area contributed by atoms with Crippen LogP contribution in [-0.4, -0.2) is 25.0 Å². The Bertz CT molecular complexity index is 995. The molecule has 0 aliphatic heterocycles. The molecule has 4 aromatic rings. The van der Waals surface area contributed by atoms with E-state index in [-0.39, 0.29) is 0 Å². The lowest BCUT2D eigenvalue weighted by molar-refractivity contribution is 0.547. The topological polar surface area (TPSA) is 71.4 Å². The van der Waals surface area contributed by atoms with Crippen molar-refractivity contribution in [2.24, 2.45) is 0 Å². The Hall–Kier alpha value is -2.89. The molecular weight excluding hydrogens is 288 g/mol. The number of pyridine rings is 1. The van der Waals surface area contributed by atoms with Gasteiger partial charge in [-0.1, -0.05) is 0 Å². The number of fused-ring (bicyclic) bond motifs is 2. The van der Waals surface area contributed by atoms with Crippen LogP contribution in [0.3, 0.4) is 0 Å². The summed E-state index contributed by atoms with van der Waals surface area (Å²) in [5.74, 6) is 0.847. The van der Waals surface area contributed by atoms with Crippen LogP contribution in [0.5, 0.6) is 0 Å². The zero-order valence-electron chi connectivity index (χ0n) is 13.3. The number of hydrogen-bond donors (Lipinski definition) is 2. The number of rotatable bonds is 3. The second-order valence-corrected chi connectivity index (χ2v) is 5.95. The van der Waals surface area contributed by atoms with Gasteiger partial charge in [-0.15, -0.1) is 0 Å². The highest BCUT2D eigenvalue weighted by Crippen LogP contribution is 2.28. The Morgan fingerprint density at radius 2 is 2.04 bits per heavy atom. The Kier molecular flexibility index (Phi) is 3.04. The summed E-state index contributed by atoms with van der Waals surface area (Å²) in [6.45, 7) is 6.32. The third-order valence-electron chi connectivity index (χ3n) is 3.98. The fourth-order valence-electron chi connectivity index (χ4n) is 2.86. The van der Waals surface area contributed by atoms with Gasteiger partial charge in [0.15, 0.2) is 5.65 Å². The van der Waals surface area contributed by atoms with Crippen LogP contribution in [0.2, 0.25) is 0 Å². The predicted molar refractivity (Wildman–Crippen MR) is 92.0 cm³/mol. The number of aromatic amines is 1. The minimum atomic E-state index is 0.318. The SMILES string of the molecule is Cc1nn(C(C)C)c2cc(Nc3[nH]nc4ncccc34)ccc12. The number of nitrogens with zero attached hydrogens (tertiary/aromatic N) is 4. The first-order chi connectivity index (χ1) is 11.1. The minimum absolute atomic E-state index is 0.318. The summed E-state index contributed by atoms with van der Waals surface area (Å²) in [5.41, 5.74) is 3.88. The van der Waals surface area contributed by atoms with Crippen LogP contribution in [0.1, 0.15) is 25.6 Å². The lowest BCUT2D eigenvalue weighted by Crippen LogP contribution is -2.02. The second kappa shape index (κ2) is 5.08. The van der Waals surface area contributed by atoms with Crippen molar-refractivity contribution in [1.29, 1.82) is 0 Å². The lowest BCUT2D eigenvalue weighted by Gasteiger charge is -2.09. The highest BCUT2D eigenvalue weighted by atomic mass is 15.3. The summed E-state index contributed by atoms with van der Waals surface area (Å²) in [6.07, 6.45) is 1.74. The summed E-state index contributed by atoms with van der Waals surface area (Å²) < 4.78 is 2.06. The van der Waals surface area contributed by atoms with Gasteiger partial charge in [0.25, 0.3) is 0 Å². The van der Waals surface area contributed by atoms with Crippen LogP contribution in [0.15, 0.2) is 36.5 Å². The molecule has 23 heavy (non-hydrogen) atoms. The van der Waals surface area contributed by atoms with E-state index < -0.39 is 0 Å². The van der Waals surface area contributed by atoms with Crippen molar-refractivity contribution >= 4 is 33.4 Å². The molecular formula is C17H18N6. The first-order valence-electron chi connectivity index (χ1n) is 7.68. The van der Waals surface area contributed by atoms with E-state index in [4.69, 9.17) is 0 Å². The van der Waals surface area contributed by atoms with Crippen LogP contribution in [0, 0.1) is 6.92 Å². The van der Waals surface area contributed by atoms with Gasteiger partial charge in [0.05, 0.1) is 16.6 Å². The number of benzene rings is 1. The number of anilines is 2. The van der Waals surface area contributed by atoms with Gasteiger partial charge in [0, 0.05) is 23.3 Å². The molecule has 0 bridgehead atoms. The summed E-state index contributed by atoms with van der Waals surface area (Å²) in [5, 5.41) is 17.4. The molecule has 3 heterocycles. The normalized spacial score (nSPS) is 11.7. The molecule has 0 aliphatic carbocycles. The average molecular weight is 306 g/mol. The average Bonchev–Trinajstić information content (AvgIpc) is 3.10. The molecule has 116 valence electrons. The van der Waals surface area contributed by atoms with Crippen LogP contribution >= 0.6 is 0 Å². The highest BCUT2D eigenvalue weighted by Gasteiger charge is 2.11. The quantitative estimate of drug-likeness (QED) is 0.601. The van der Waals surface area contributed by atoms with Gasteiger partial charge in [0.2, 0.25) is 0 Å². The molecule has 3 aromatic heterocycles. The maximum absolute atomic E-state index is 4.64. The molecule has 4 rings (SSSR count).